The van der Waals surface area contributed by atoms with E-state index in [1.54, 1.807) is 0 Å². The summed E-state index contributed by atoms with van der Waals surface area (Å²) in [7, 11) is 0. The van der Waals surface area contributed by atoms with Gasteiger partial charge < -0.3 is 4.42 Å². The smallest absolute Gasteiger partial charge is 0.136 e. The van der Waals surface area contributed by atoms with Crippen molar-refractivity contribution in [2.75, 3.05) is 0 Å². The third-order valence-electron chi connectivity index (χ3n) is 4.83. The zero-order valence-corrected chi connectivity index (χ0v) is 14.7. The SMILES string of the molecule is Cc1c(-c2cccc3oc4ccccc4c23)cccc1C(C)(C)C. The molecule has 120 valence electrons. The fraction of sp³-hybridized carbons (Fsp3) is 0.217. The highest BCUT2D eigenvalue weighted by atomic mass is 16.3. The van der Waals surface area contributed by atoms with Crippen LogP contribution in [0.4, 0.5) is 0 Å². The Morgan fingerprint density at radius 2 is 1.38 bits per heavy atom. The van der Waals surface area contributed by atoms with Crippen molar-refractivity contribution >= 4 is 21.9 Å². The van der Waals surface area contributed by atoms with Crippen LogP contribution >= 0.6 is 0 Å². The van der Waals surface area contributed by atoms with Gasteiger partial charge in [0, 0.05) is 10.8 Å². The summed E-state index contributed by atoms with van der Waals surface area (Å²) in [4.78, 5) is 0. The normalized spacial score (nSPS) is 12.2. The van der Waals surface area contributed by atoms with E-state index in [-0.39, 0.29) is 5.41 Å². The van der Waals surface area contributed by atoms with Crippen molar-refractivity contribution in [2.45, 2.75) is 33.1 Å². The molecule has 24 heavy (non-hydrogen) atoms. The second kappa shape index (κ2) is 5.24. The highest BCUT2D eigenvalue weighted by molar-refractivity contribution is 6.12. The number of fused-ring (bicyclic) bond motifs is 3. The number of rotatable bonds is 1. The Balaban J connectivity index is 2.08. The Morgan fingerprint density at radius 1 is 0.708 bits per heavy atom. The maximum Gasteiger partial charge on any atom is 0.136 e. The van der Waals surface area contributed by atoms with E-state index in [1.165, 1.54) is 33.0 Å². The third-order valence-corrected chi connectivity index (χ3v) is 4.83. The standard InChI is InChI=1S/C23H22O/c1-15-16(10-7-12-19(15)23(2,3)4)17-11-8-14-21-22(17)18-9-5-6-13-20(18)24-21/h5-14H,1-4H3. The van der Waals surface area contributed by atoms with Crippen LogP contribution in [0.1, 0.15) is 31.9 Å². The van der Waals surface area contributed by atoms with Crippen molar-refractivity contribution in [1.82, 2.24) is 0 Å². The van der Waals surface area contributed by atoms with E-state index >= 15 is 0 Å². The molecule has 1 heterocycles. The fourth-order valence-corrected chi connectivity index (χ4v) is 3.74. The van der Waals surface area contributed by atoms with Crippen LogP contribution < -0.4 is 0 Å². The molecule has 0 aliphatic heterocycles. The molecule has 0 radical (unpaired) electrons. The van der Waals surface area contributed by atoms with Gasteiger partial charge in [-0.1, -0.05) is 69.3 Å². The van der Waals surface area contributed by atoms with Crippen molar-refractivity contribution in [3.8, 4) is 11.1 Å². The minimum Gasteiger partial charge on any atom is -0.456 e. The summed E-state index contributed by atoms with van der Waals surface area (Å²) in [5, 5.41) is 2.39. The predicted molar refractivity (Wildman–Crippen MR) is 103 cm³/mol. The van der Waals surface area contributed by atoms with Gasteiger partial charge in [-0.3, -0.25) is 0 Å². The maximum atomic E-state index is 6.05. The molecule has 0 spiro atoms. The van der Waals surface area contributed by atoms with Crippen LogP contribution in [-0.4, -0.2) is 0 Å². The van der Waals surface area contributed by atoms with Gasteiger partial charge in [0.05, 0.1) is 0 Å². The molecule has 0 saturated heterocycles. The zero-order valence-electron chi connectivity index (χ0n) is 14.7. The molecule has 0 unspecified atom stereocenters. The second-order valence-electron chi connectivity index (χ2n) is 7.51. The van der Waals surface area contributed by atoms with Crippen molar-refractivity contribution < 1.29 is 4.42 Å². The van der Waals surface area contributed by atoms with E-state index in [2.05, 4.69) is 76.2 Å². The molecular weight excluding hydrogens is 292 g/mol. The van der Waals surface area contributed by atoms with Gasteiger partial charge in [0.25, 0.3) is 0 Å². The molecule has 1 aromatic heterocycles. The summed E-state index contributed by atoms with van der Waals surface area (Å²) in [5.74, 6) is 0. The molecule has 0 amide bonds. The average Bonchev–Trinajstić information content (AvgIpc) is 2.92. The molecule has 0 saturated carbocycles. The lowest BCUT2D eigenvalue weighted by Gasteiger charge is -2.23. The molecule has 3 aromatic carbocycles. The summed E-state index contributed by atoms with van der Waals surface area (Å²) in [6.07, 6.45) is 0. The number of para-hydroxylation sites is 1. The molecule has 1 nitrogen and oxygen atoms in total. The molecule has 0 bridgehead atoms. The van der Waals surface area contributed by atoms with Gasteiger partial charge in [-0.25, -0.2) is 0 Å². The minimum absolute atomic E-state index is 0.131. The summed E-state index contributed by atoms with van der Waals surface area (Å²) in [6, 6.07) is 21.3. The summed E-state index contributed by atoms with van der Waals surface area (Å²) in [6.45, 7) is 9.05. The van der Waals surface area contributed by atoms with Crippen LogP contribution in [-0.2, 0) is 5.41 Å². The van der Waals surface area contributed by atoms with Gasteiger partial charge in [-0.2, -0.15) is 0 Å². The van der Waals surface area contributed by atoms with Crippen LogP contribution in [0.2, 0.25) is 0 Å². The van der Waals surface area contributed by atoms with E-state index in [9.17, 15) is 0 Å². The predicted octanol–water partition coefficient (Wildman–Crippen LogP) is 6.86. The lowest BCUT2D eigenvalue weighted by molar-refractivity contribution is 0.586. The van der Waals surface area contributed by atoms with E-state index in [0.29, 0.717) is 0 Å². The molecule has 0 aliphatic rings. The Kier molecular flexibility index (Phi) is 3.28. The largest absolute Gasteiger partial charge is 0.456 e. The number of furan rings is 1. The minimum atomic E-state index is 0.131. The third kappa shape index (κ3) is 2.24. The Morgan fingerprint density at radius 3 is 2.17 bits per heavy atom. The molecule has 0 N–H and O–H groups in total. The van der Waals surface area contributed by atoms with E-state index in [4.69, 9.17) is 4.42 Å². The molecule has 0 fully saturated rings. The van der Waals surface area contributed by atoms with Gasteiger partial charge in [-0.05, 0) is 46.7 Å². The first-order chi connectivity index (χ1) is 11.5. The first-order valence-electron chi connectivity index (χ1n) is 8.47. The maximum absolute atomic E-state index is 6.05. The monoisotopic (exact) mass is 314 g/mol. The van der Waals surface area contributed by atoms with E-state index in [0.717, 1.165) is 11.2 Å². The van der Waals surface area contributed by atoms with Gasteiger partial charge in [-0.15, -0.1) is 0 Å². The van der Waals surface area contributed by atoms with Crippen LogP contribution in [0.15, 0.2) is 65.1 Å². The first kappa shape index (κ1) is 15.0. The van der Waals surface area contributed by atoms with Crippen LogP contribution in [0.5, 0.6) is 0 Å². The van der Waals surface area contributed by atoms with Crippen LogP contribution in [0.25, 0.3) is 33.1 Å². The van der Waals surface area contributed by atoms with Gasteiger partial charge in [0.2, 0.25) is 0 Å². The topological polar surface area (TPSA) is 13.1 Å². The molecule has 0 aliphatic carbocycles. The van der Waals surface area contributed by atoms with E-state index < -0.39 is 0 Å². The summed E-state index contributed by atoms with van der Waals surface area (Å²) in [5.41, 5.74) is 7.32. The number of hydrogen-bond acceptors (Lipinski definition) is 1. The number of hydrogen-bond donors (Lipinski definition) is 0. The van der Waals surface area contributed by atoms with Crippen LogP contribution in [0, 0.1) is 6.92 Å². The van der Waals surface area contributed by atoms with Gasteiger partial charge >= 0.3 is 0 Å². The molecule has 0 atom stereocenters. The Bertz CT molecular complexity index is 1040. The second-order valence-corrected chi connectivity index (χ2v) is 7.51. The number of benzene rings is 3. The van der Waals surface area contributed by atoms with Crippen molar-refractivity contribution in [2.24, 2.45) is 0 Å². The lowest BCUT2D eigenvalue weighted by Crippen LogP contribution is -2.13. The van der Waals surface area contributed by atoms with Crippen molar-refractivity contribution in [1.29, 1.82) is 0 Å². The first-order valence-corrected chi connectivity index (χ1v) is 8.47. The molecule has 1 heteroatoms. The quantitative estimate of drug-likeness (QED) is 0.374. The summed E-state index contributed by atoms with van der Waals surface area (Å²) < 4.78 is 6.05. The molecule has 4 aromatic rings. The van der Waals surface area contributed by atoms with Gasteiger partial charge in [0.1, 0.15) is 11.2 Å². The fourth-order valence-electron chi connectivity index (χ4n) is 3.74. The average molecular weight is 314 g/mol. The highest BCUT2D eigenvalue weighted by Crippen LogP contribution is 2.39. The van der Waals surface area contributed by atoms with Crippen molar-refractivity contribution in [3.63, 3.8) is 0 Å². The van der Waals surface area contributed by atoms with Gasteiger partial charge in [0.15, 0.2) is 0 Å². The van der Waals surface area contributed by atoms with Crippen molar-refractivity contribution in [3.05, 3.63) is 71.8 Å². The molecular formula is C23H22O. The lowest BCUT2D eigenvalue weighted by atomic mass is 9.81. The summed E-state index contributed by atoms with van der Waals surface area (Å²) >= 11 is 0. The van der Waals surface area contributed by atoms with E-state index in [1.807, 2.05) is 12.1 Å². The molecule has 4 rings (SSSR count). The Hall–Kier alpha value is -2.54. The Labute approximate surface area is 142 Å². The van der Waals surface area contributed by atoms with Crippen LogP contribution in [0.3, 0.4) is 0 Å². The zero-order chi connectivity index (χ0) is 16.9. The highest BCUT2D eigenvalue weighted by Gasteiger charge is 2.20.